The molecule has 1 N–H and O–H groups in total. The molecule has 0 spiro atoms. The number of piperidine rings is 1. The molecular weight excluding hydrogens is 228 g/mol. The fraction of sp³-hybridized carbons (Fsp3) is 0.786. The van der Waals surface area contributed by atoms with Crippen LogP contribution in [0, 0.1) is 0 Å². The molecule has 18 heavy (non-hydrogen) atoms. The quantitative estimate of drug-likeness (QED) is 0.592. The summed E-state index contributed by atoms with van der Waals surface area (Å²) < 4.78 is 4.86. The Balaban J connectivity index is 1.74. The standard InChI is InChI=1S/C14H24N2O2/c1-3-18-14(17)5-4-8-16(2)13-9-11-6-7-12(10-13)15-11/h4-5,11-13,15H,3,6-10H2,1-2H3/b5-4+. The minimum atomic E-state index is -0.240. The lowest BCUT2D eigenvalue weighted by molar-refractivity contribution is -0.137. The van der Waals surface area contributed by atoms with Gasteiger partial charge in [-0.2, -0.15) is 0 Å². The fourth-order valence-corrected chi connectivity index (χ4v) is 3.04. The Kier molecular flexibility index (Phi) is 4.78. The average molecular weight is 252 g/mol. The molecule has 102 valence electrons. The Morgan fingerprint density at radius 1 is 1.39 bits per heavy atom. The summed E-state index contributed by atoms with van der Waals surface area (Å²) in [6.45, 7) is 3.09. The van der Waals surface area contributed by atoms with E-state index in [9.17, 15) is 4.79 Å². The monoisotopic (exact) mass is 252 g/mol. The van der Waals surface area contributed by atoms with E-state index in [0.717, 1.165) is 6.54 Å². The van der Waals surface area contributed by atoms with Gasteiger partial charge in [-0.05, 0) is 39.7 Å². The minimum absolute atomic E-state index is 0.240. The summed E-state index contributed by atoms with van der Waals surface area (Å²) in [4.78, 5) is 13.5. The first kappa shape index (κ1) is 13.6. The smallest absolute Gasteiger partial charge is 0.330 e. The van der Waals surface area contributed by atoms with Gasteiger partial charge in [0.1, 0.15) is 0 Å². The molecule has 2 atom stereocenters. The molecule has 2 aliphatic heterocycles. The second kappa shape index (κ2) is 6.34. The molecule has 2 heterocycles. The summed E-state index contributed by atoms with van der Waals surface area (Å²) in [5, 5.41) is 3.65. The molecule has 0 aliphatic carbocycles. The number of carbonyl (C=O) groups excluding carboxylic acids is 1. The number of nitrogens with zero attached hydrogens (tertiary/aromatic N) is 1. The Labute approximate surface area is 109 Å². The number of fused-ring (bicyclic) bond motifs is 2. The predicted octanol–water partition coefficient (Wildman–Crippen LogP) is 1.32. The van der Waals surface area contributed by atoms with Crippen LogP contribution in [0.15, 0.2) is 12.2 Å². The zero-order valence-electron chi connectivity index (χ0n) is 11.4. The van der Waals surface area contributed by atoms with Crippen molar-refractivity contribution >= 4 is 5.97 Å². The number of esters is 1. The van der Waals surface area contributed by atoms with Gasteiger partial charge < -0.3 is 10.1 Å². The van der Waals surface area contributed by atoms with Crippen LogP contribution in [0.4, 0.5) is 0 Å². The number of nitrogens with one attached hydrogen (secondary N) is 1. The maximum atomic E-state index is 11.2. The Morgan fingerprint density at radius 2 is 2.06 bits per heavy atom. The Hall–Kier alpha value is -0.870. The molecule has 2 rings (SSSR count). The lowest BCUT2D eigenvalue weighted by Gasteiger charge is -2.35. The molecular formula is C14H24N2O2. The van der Waals surface area contributed by atoms with E-state index in [1.165, 1.54) is 31.8 Å². The first-order chi connectivity index (χ1) is 8.69. The lowest BCUT2D eigenvalue weighted by atomic mass is 9.98. The minimum Gasteiger partial charge on any atom is -0.463 e. The Bertz CT molecular complexity index is 305. The third-order valence-electron chi connectivity index (χ3n) is 4.01. The van der Waals surface area contributed by atoms with Crippen molar-refractivity contribution < 1.29 is 9.53 Å². The molecule has 0 saturated carbocycles. The summed E-state index contributed by atoms with van der Waals surface area (Å²) >= 11 is 0. The van der Waals surface area contributed by atoms with Gasteiger partial charge in [-0.1, -0.05) is 6.08 Å². The average Bonchev–Trinajstić information content (AvgIpc) is 2.68. The van der Waals surface area contributed by atoms with Crippen molar-refractivity contribution in [2.45, 2.75) is 50.7 Å². The zero-order chi connectivity index (χ0) is 13.0. The van der Waals surface area contributed by atoms with Crippen LogP contribution in [0.1, 0.15) is 32.6 Å². The van der Waals surface area contributed by atoms with Crippen LogP contribution in [0.2, 0.25) is 0 Å². The van der Waals surface area contributed by atoms with Gasteiger partial charge in [0.2, 0.25) is 0 Å². The van der Waals surface area contributed by atoms with Gasteiger partial charge >= 0.3 is 5.97 Å². The normalized spacial score (nSPS) is 31.2. The van der Waals surface area contributed by atoms with Crippen LogP contribution in [0.25, 0.3) is 0 Å². The molecule has 0 radical (unpaired) electrons. The highest BCUT2D eigenvalue weighted by Gasteiger charge is 2.34. The maximum Gasteiger partial charge on any atom is 0.330 e. The summed E-state index contributed by atoms with van der Waals surface area (Å²) in [6, 6.07) is 2.08. The molecule has 0 aromatic rings. The number of ether oxygens (including phenoxy) is 1. The van der Waals surface area contributed by atoms with Crippen molar-refractivity contribution in [1.29, 1.82) is 0 Å². The van der Waals surface area contributed by atoms with Crippen LogP contribution in [-0.4, -0.2) is 49.2 Å². The highest BCUT2D eigenvalue weighted by atomic mass is 16.5. The molecule has 2 aliphatic rings. The van der Waals surface area contributed by atoms with E-state index in [1.54, 1.807) is 0 Å². The van der Waals surface area contributed by atoms with Gasteiger partial charge in [-0.15, -0.1) is 0 Å². The largest absolute Gasteiger partial charge is 0.463 e. The second-order valence-electron chi connectivity index (χ2n) is 5.36. The van der Waals surface area contributed by atoms with Gasteiger partial charge in [-0.3, -0.25) is 4.90 Å². The SMILES string of the molecule is CCOC(=O)/C=C/CN(C)C1CC2CCC(C1)N2. The first-order valence-corrected chi connectivity index (χ1v) is 6.98. The number of carbonyl (C=O) groups is 1. The number of rotatable bonds is 5. The summed E-state index contributed by atoms with van der Waals surface area (Å²) in [5.74, 6) is -0.240. The highest BCUT2D eigenvalue weighted by Crippen LogP contribution is 2.29. The van der Waals surface area contributed by atoms with Crippen molar-refractivity contribution in [2.75, 3.05) is 20.2 Å². The van der Waals surface area contributed by atoms with Gasteiger partial charge in [0, 0.05) is 30.7 Å². The van der Waals surface area contributed by atoms with Crippen LogP contribution in [0.5, 0.6) is 0 Å². The van der Waals surface area contributed by atoms with E-state index in [1.807, 2.05) is 13.0 Å². The molecule has 2 fully saturated rings. The predicted molar refractivity (Wildman–Crippen MR) is 71.4 cm³/mol. The van der Waals surface area contributed by atoms with E-state index in [0.29, 0.717) is 24.7 Å². The molecule has 2 bridgehead atoms. The summed E-state index contributed by atoms with van der Waals surface area (Å²) in [7, 11) is 2.14. The van der Waals surface area contributed by atoms with E-state index in [2.05, 4.69) is 17.3 Å². The van der Waals surface area contributed by atoms with Crippen molar-refractivity contribution in [3.63, 3.8) is 0 Å². The molecule has 0 aromatic heterocycles. The van der Waals surface area contributed by atoms with Gasteiger partial charge in [-0.25, -0.2) is 4.79 Å². The van der Waals surface area contributed by atoms with Crippen molar-refractivity contribution in [3.8, 4) is 0 Å². The fourth-order valence-electron chi connectivity index (χ4n) is 3.04. The molecule has 4 nitrogen and oxygen atoms in total. The molecule has 2 unspecified atom stereocenters. The molecule has 2 saturated heterocycles. The molecule has 0 amide bonds. The van der Waals surface area contributed by atoms with E-state index in [4.69, 9.17) is 4.74 Å². The number of likely N-dealkylation sites (N-methyl/N-ethyl adjacent to an activating group) is 1. The molecule has 0 aromatic carbocycles. The second-order valence-corrected chi connectivity index (χ2v) is 5.36. The number of hydrogen-bond acceptors (Lipinski definition) is 4. The van der Waals surface area contributed by atoms with Gasteiger partial charge in [0.05, 0.1) is 6.61 Å². The topological polar surface area (TPSA) is 41.6 Å². The molecule has 4 heteroatoms. The zero-order valence-corrected chi connectivity index (χ0v) is 11.4. The van der Waals surface area contributed by atoms with Crippen LogP contribution < -0.4 is 5.32 Å². The van der Waals surface area contributed by atoms with Crippen molar-refractivity contribution in [1.82, 2.24) is 10.2 Å². The third kappa shape index (κ3) is 3.56. The number of hydrogen-bond donors (Lipinski definition) is 1. The van der Waals surface area contributed by atoms with Crippen molar-refractivity contribution in [3.05, 3.63) is 12.2 Å². The lowest BCUT2D eigenvalue weighted by Crippen LogP contribution is -2.47. The van der Waals surface area contributed by atoms with Crippen LogP contribution >= 0.6 is 0 Å². The van der Waals surface area contributed by atoms with E-state index >= 15 is 0 Å². The summed E-state index contributed by atoms with van der Waals surface area (Å²) in [5.41, 5.74) is 0. The van der Waals surface area contributed by atoms with Crippen molar-refractivity contribution in [2.24, 2.45) is 0 Å². The third-order valence-corrected chi connectivity index (χ3v) is 4.01. The first-order valence-electron chi connectivity index (χ1n) is 6.98. The van der Waals surface area contributed by atoms with Gasteiger partial charge in [0.25, 0.3) is 0 Å². The summed E-state index contributed by atoms with van der Waals surface area (Å²) in [6.07, 6.45) is 8.57. The van der Waals surface area contributed by atoms with E-state index in [-0.39, 0.29) is 5.97 Å². The van der Waals surface area contributed by atoms with Gasteiger partial charge in [0.15, 0.2) is 0 Å². The van der Waals surface area contributed by atoms with E-state index < -0.39 is 0 Å². The maximum absolute atomic E-state index is 11.2. The highest BCUT2D eigenvalue weighted by molar-refractivity contribution is 5.81. The van der Waals surface area contributed by atoms with Crippen LogP contribution in [0.3, 0.4) is 0 Å². The van der Waals surface area contributed by atoms with Crippen LogP contribution in [-0.2, 0) is 9.53 Å². The Morgan fingerprint density at radius 3 is 2.67 bits per heavy atom.